The molecule has 92 valence electrons. The standard InChI is InChI=1S/C14H16BrFO/c1-2-5-12(14(17)9-15)8-11-6-3-4-7-13(11)10-16/h3-7H,2,8-10H2,1H3/b12-5+. The maximum Gasteiger partial charge on any atom is 0.169 e. The van der Waals surface area contributed by atoms with Crippen molar-refractivity contribution in [2.24, 2.45) is 0 Å². The minimum Gasteiger partial charge on any atom is -0.294 e. The van der Waals surface area contributed by atoms with Gasteiger partial charge in [-0.3, -0.25) is 4.79 Å². The Bertz CT molecular complexity index is 412. The molecule has 17 heavy (non-hydrogen) atoms. The first kappa shape index (κ1) is 14.1. The number of hydrogen-bond acceptors (Lipinski definition) is 1. The topological polar surface area (TPSA) is 17.1 Å². The Morgan fingerprint density at radius 2 is 2.00 bits per heavy atom. The van der Waals surface area contributed by atoms with Crippen LogP contribution in [0.4, 0.5) is 4.39 Å². The van der Waals surface area contributed by atoms with Crippen molar-refractivity contribution < 1.29 is 9.18 Å². The predicted octanol–water partition coefficient (Wildman–Crippen LogP) is 4.00. The fourth-order valence-electron chi connectivity index (χ4n) is 1.68. The molecule has 0 heterocycles. The zero-order valence-electron chi connectivity index (χ0n) is 9.88. The zero-order chi connectivity index (χ0) is 12.7. The van der Waals surface area contributed by atoms with Gasteiger partial charge in [-0.25, -0.2) is 4.39 Å². The quantitative estimate of drug-likeness (QED) is 0.573. The van der Waals surface area contributed by atoms with Crippen molar-refractivity contribution in [2.45, 2.75) is 26.4 Å². The van der Waals surface area contributed by atoms with Crippen molar-refractivity contribution in [3.8, 4) is 0 Å². The van der Waals surface area contributed by atoms with Gasteiger partial charge in [0.1, 0.15) is 6.67 Å². The lowest BCUT2D eigenvalue weighted by molar-refractivity contribution is -0.113. The highest BCUT2D eigenvalue weighted by Gasteiger charge is 2.10. The van der Waals surface area contributed by atoms with Crippen molar-refractivity contribution >= 4 is 21.7 Å². The summed E-state index contributed by atoms with van der Waals surface area (Å²) in [4.78, 5) is 11.7. The Balaban J connectivity index is 2.94. The second-order valence-electron chi connectivity index (χ2n) is 3.77. The smallest absolute Gasteiger partial charge is 0.169 e. The normalized spacial score (nSPS) is 11.6. The molecule has 0 spiro atoms. The van der Waals surface area contributed by atoms with Crippen LogP contribution in [0.25, 0.3) is 0 Å². The monoisotopic (exact) mass is 298 g/mol. The van der Waals surface area contributed by atoms with Crippen LogP contribution < -0.4 is 0 Å². The highest BCUT2D eigenvalue weighted by Crippen LogP contribution is 2.16. The van der Waals surface area contributed by atoms with Crippen LogP contribution in [-0.4, -0.2) is 11.1 Å². The number of ketones is 1. The molecule has 0 bridgehead atoms. The summed E-state index contributed by atoms with van der Waals surface area (Å²) in [7, 11) is 0. The predicted molar refractivity (Wildman–Crippen MR) is 72.1 cm³/mol. The van der Waals surface area contributed by atoms with Crippen LogP contribution in [0.3, 0.4) is 0 Å². The van der Waals surface area contributed by atoms with Gasteiger partial charge in [0.25, 0.3) is 0 Å². The van der Waals surface area contributed by atoms with Crippen LogP contribution >= 0.6 is 15.9 Å². The number of allylic oxidation sites excluding steroid dienone is 2. The van der Waals surface area contributed by atoms with Gasteiger partial charge in [-0.2, -0.15) is 0 Å². The first-order valence-electron chi connectivity index (χ1n) is 5.63. The van der Waals surface area contributed by atoms with Crippen molar-refractivity contribution in [3.05, 3.63) is 47.0 Å². The second kappa shape index (κ2) is 7.38. The highest BCUT2D eigenvalue weighted by atomic mass is 79.9. The average molecular weight is 299 g/mol. The van der Waals surface area contributed by atoms with Crippen LogP contribution in [0, 0.1) is 0 Å². The number of halogens is 2. The number of benzene rings is 1. The number of rotatable bonds is 6. The van der Waals surface area contributed by atoms with E-state index >= 15 is 0 Å². The second-order valence-corrected chi connectivity index (χ2v) is 4.33. The van der Waals surface area contributed by atoms with Crippen molar-refractivity contribution in [3.63, 3.8) is 0 Å². The summed E-state index contributed by atoms with van der Waals surface area (Å²) in [6, 6.07) is 7.32. The maximum absolute atomic E-state index is 12.8. The summed E-state index contributed by atoms with van der Waals surface area (Å²) in [5.74, 6) is 0.0699. The Hall–Kier alpha value is -0.960. The number of Topliss-reactive ketones (excluding diaryl/α,β-unsaturated/α-hetero) is 1. The van der Waals surface area contributed by atoms with E-state index in [0.29, 0.717) is 17.3 Å². The van der Waals surface area contributed by atoms with Gasteiger partial charge in [0.2, 0.25) is 0 Å². The van der Waals surface area contributed by atoms with E-state index in [-0.39, 0.29) is 5.78 Å². The van der Waals surface area contributed by atoms with Gasteiger partial charge in [-0.15, -0.1) is 0 Å². The van der Waals surface area contributed by atoms with Crippen molar-refractivity contribution in [1.82, 2.24) is 0 Å². The van der Waals surface area contributed by atoms with Crippen LogP contribution in [0.5, 0.6) is 0 Å². The molecule has 0 unspecified atom stereocenters. The minimum atomic E-state index is -0.488. The molecule has 0 N–H and O–H groups in total. The molecule has 0 atom stereocenters. The summed E-state index contributed by atoms with van der Waals surface area (Å²) in [5.41, 5.74) is 2.31. The summed E-state index contributed by atoms with van der Waals surface area (Å²) < 4.78 is 12.8. The van der Waals surface area contributed by atoms with E-state index in [1.54, 1.807) is 6.07 Å². The zero-order valence-corrected chi connectivity index (χ0v) is 11.5. The number of carbonyl (C=O) groups is 1. The Kier molecular flexibility index (Phi) is 6.12. The molecular formula is C14H16BrFO. The van der Waals surface area contributed by atoms with E-state index in [1.165, 1.54) is 0 Å². The summed E-state index contributed by atoms with van der Waals surface area (Å²) in [6.07, 6.45) is 3.24. The average Bonchev–Trinajstić information content (AvgIpc) is 2.38. The Labute approximate surface area is 110 Å². The molecule has 0 saturated heterocycles. The van der Waals surface area contributed by atoms with Crippen molar-refractivity contribution in [1.29, 1.82) is 0 Å². The fraction of sp³-hybridized carbons (Fsp3) is 0.357. The van der Waals surface area contributed by atoms with E-state index in [2.05, 4.69) is 15.9 Å². The number of alkyl halides is 2. The summed E-state index contributed by atoms with van der Waals surface area (Å²) in [6.45, 7) is 1.50. The SMILES string of the molecule is CC/C=C(\Cc1ccccc1CF)C(=O)CBr. The molecular weight excluding hydrogens is 283 g/mol. The molecule has 0 aromatic heterocycles. The summed E-state index contributed by atoms with van der Waals surface area (Å²) in [5, 5.41) is 0.316. The molecule has 0 aliphatic carbocycles. The molecule has 0 aliphatic rings. The number of carbonyl (C=O) groups excluding carboxylic acids is 1. The Morgan fingerprint density at radius 1 is 1.35 bits per heavy atom. The molecule has 0 aliphatic heterocycles. The molecule has 1 nitrogen and oxygen atoms in total. The minimum absolute atomic E-state index is 0.0699. The molecule has 1 aromatic rings. The molecule has 0 saturated carbocycles. The first-order valence-corrected chi connectivity index (χ1v) is 6.76. The first-order chi connectivity index (χ1) is 8.22. The molecule has 1 aromatic carbocycles. The van der Waals surface area contributed by atoms with Crippen LogP contribution in [0.1, 0.15) is 24.5 Å². The summed E-state index contributed by atoms with van der Waals surface area (Å²) >= 11 is 3.17. The maximum atomic E-state index is 12.8. The largest absolute Gasteiger partial charge is 0.294 e. The van der Waals surface area contributed by atoms with E-state index < -0.39 is 6.67 Å². The molecule has 1 rings (SSSR count). The van der Waals surface area contributed by atoms with Gasteiger partial charge in [0.05, 0.1) is 5.33 Å². The van der Waals surface area contributed by atoms with E-state index in [1.807, 2.05) is 31.2 Å². The molecule has 0 fully saturated rings. The van der Waals surface area contributed by atoms with E-state index in [0.717, 1.165) is 17.6 Å². The van der Waals surface area contributed by atoms with Crippen LogP contribution in [0.2, 0.25) is 0 Å². The molecule has 3 heteroatoms. The lowest BCUT2D eigenvalue weighted by Gasteiger charge is -2.08. The third kappa shape index (κ3) is 4.08. The van der Waals surface area contributed by atoms with Crippen LogP contribution in [0.15, 0.2) is 35.9 Å². The van der Waals surface area contributed by atoms with Gasteiger partial charge < -0.3 is 0 Å². The molecule has 0 amide bonds. The highest BCUT2D eigenvalue weighted by molar-refractivity contribution is 9.09. The van der Waals surface area contributed by atoms with Gasteiger partial charge in [-0.05, 0) is 23.1 Å². The van der Waals surface area contributed by atoms with Gasteiger partial charge in [-0.1, -0.05) is 53.2 Å². The van der Waals surface area contributed by atoms with Crippen molar-refractivity contribution in [2.75, 3.05) is 5.33 Å². The molecule has 0 radical (unpaired) electrons. The fourth-order valence-corrected chi connectivity index (χ4v) is 2.04. The van der Waals surface area contributed by atoms with Gasteiger partial charge in [0.15, 0.2) is 5.78 Å². The van der Waals surface area contributed by atoms with Crippen LogP contribution in [-0.2, 0) is 17.9 Å². The Morgan fingerprint density at radius 3 is 2.53 bits per heavy atom. The number of hydrogen-bond donors (Lipinski definition) is 0. The third-order valence-corrected chi connectivity index (χ3v) is 3.08. The van der Waals surface area contributed by atoms with Gasteiger partial charge in [0, 0.05) is 6.42 Å². The van der Waals surface area contributed by atoms with E-state index in [4.69, 9.17) is 0 Å². The third-order valence-electron chi connectivity index (χ3n) is 2.57. The lowest BCUT2D eigenvalue weighted by atomic mass is 9.97. The lowest BCUT2D eigenvalue weighted by Crippen LogP contribution is -2.07. The van der Waals surface area contributed by atoms with E-state index in [9.17, 15) is 9.18 Å². The van der Waals surface area contributed by atoms with Gasteiger partial charge >= 0.3 is 0 Å².